The Labute approximate surface area is 167 Å². The lowest BCUT2D eigenvalue weighted by molar-refractivity contribution is -0.148. The topological polar surface area (TPSA) is 87.2 Å². The van der Waals surface area contributed by atoms with E-state index in [1.54, 1.807) is 4.90 Å². The number of likely N-dealkylation sites (tertiary alicyclic amines) is 2. The normalized spacial score (nSPS) is 29.3. The highest BCUT2D eigenvalue weighted by Gasteiger charge is 2.42. The number of rotatable bonds is 4. The molecule has 0 spiro atoms. The summed E-state index contributed by atoms with van der Waals surface area (Å²) in [5.41, 5.74) is -0.0897. The fourth-order valence-corrected chi connectivity index (χ4v) is 4.88. The maximum Gasteiger partial charge on any atom is 0.309 e. The van der Waals surface area contributed by atoms with Crippen molar-refractivity contribution in [3.63, 3.8) is 0 Å². The maximum absolute atomic E-state index is 13.1. The van der Waals surface area contributed by atoms with Gasteiger partial charge >= 0.3 is 5.97 Å². The number of carboxylic acid groups (broad SMARTS) is 1. The molecule has 3 aliphatic rings. The molecule has 0 aliphatic carbocycles. The molecule has 0 aromatic carbocycles. The summed E-state index contributed by atoms with van der Waals surface area (Å²) in [6, 6.07) is -0.333. The average molecular weight is 395 g/mol. The lowest BCUT2D eigenvalue weighted by atomic mass is 9.84. The minimum Gasteiger partial charge on any atom is -0.481 e. The van der Waals surface area contributed by atoms with Crippen molar-refractivity contribution in [2.75, 3.05) is 26.2 Å². The Hall–Kier alpha value is -1.63. The van der Waals surface area contributed by atoms with Gasteiger partial charge in [-0.2, -0.15) is 0 Å². The number of carboxylic acids is 1. The van der Waals surface area contributed by atoms with Gasteiger partial charge in [-0.1, -0.05) is 20.8 Å². The monoisotopic (exact) mass is 394 g/mol. The third-order valence-electron chi connectivity index (χ3n) is 6.31. The van der Waals surface area contributed by atoms with E-state index in [-0.39, 0.29) is 35.3 Å². The lowest BCUT2D eigenvalue weighted by Gasteiger charge is -2.38. The molecule has 0 aromatic heterocycles. The number of carbonyl (C=O) groups excluding carboxylic acids is 2. The Balaban J connectivity index is 1.56. The number of carbonyl (C=O) groups is 3. The van der Waals surface area contributed by atoms with Crippen LogP contribution in [0.2, 0.25) is 0 Å². The molecule has 3 rings (SSSR count). The van der Waals surface area contributed by atoms with Crippen LogP contribution < -0.4 is 0 Å². The van der Waals surface area contributed by atoms with Crippen molar-refractivity contribution in [3.05, 3.63) is 0 Å². The summed E-state index contributed by atoms with van der Waals surface area (Å²) in [5, 5.41) is 9.38. The molecule has 2 unspecified atom stereocenters. The first-order valence-corrected chi connectivity index (χ1v) is 10.6. The van der Waals surface area contributed by atoms with Crippen LogP contribution in [0.25, 0.3) is 0 Å². The van der Waals surface area contributed by atoms with Crippen LogP contribution in [0.5, 0.6) is 0 Å². The Morgan fingerprint density at radius 1 is 1.04 bits per heavy atom. The lowest BCUT2D eigenvalue weighted by Crippen LogP contribution is -2.51. The first-order chi connectivity index (χ1) is 13.2. The van der Waals surface area contributed by atoms with Crippen molar-refractivity contribution in [2.24, 2.45) is 17.3 Å². The van der Waals surface area contributed by atoms with Gasteiger partial charge in [0.05, 0.1) is 12.0 Å². The molecule has 2 amide bonds. The molecule has 0 bridgehead atoms. The van der Waals surface area contributed by atoms with E-state index in [9.17, 15) is 19.5 Å². The molecule has 28 heavy (non-hydrogen) atoms. The van der Waals surface area contributed by atoms with E-state index in [1.807, 2.05) is 25.7 Å². The van der Waals surface area contributed by atoms with Crippen LogP contribution in [-0.2, 0) is 19.1 Å². The van der Waals surface area contributed by atoms with Gasteiger partial charge < -0.3 is 19.6 Å². The van der Waals surface area contributed by atoms with Gasteiger partial charge in [-0.15, -0.1) is 0 Å². The number of aliphatic carboxylic acids is 1. The molecule has 0 saturated carbocycles. The molecule has 7 nitrogen and oxygen atoms in total. The second kappa shape index (κ2) is 8.39. The second-order valence-corrected chi connectivity index (χ2v) is 9.71. The highest BCUT2D eigenvalue weighted by molar-refractivity contribution is 5.88. The van der Waals surface area contributed by atoms with Crippen molar-refractivity contribution >= 4 is 17.8 Å². The standard InChI is InChI=1S/C21H34N2O5/c1-21(2,3)13-17(24)23-9-4-5-16(23)19(25)22-10-6-14(7-11-22)18-15(20(26)27)8-12-28-18/h14-16,18H,4-13H2,1-3H3,(H,26,27)/t15?,16?,18-/m0/s1. The minimum atomic E-state index is -0.778. The smallest absolute Gasteiger partial charge is 0.309 e. The summed E-state index contributed by atoms with van der Waals surface area (Å²) in [4.78, 5) is 40.8. The van der Waals surface area contributed by atoms with Crippen molar-refractivity contribution < 1.29 is 24.2 Å². The molecule has 1 N–H and O–H groups in total. The zero-order chi connectivity index (χ0) is 20.5. The molecule has 3 heterocycles. The Bertz CT molecular complexity index is 606. The molecule has 3 fully saturated rings. The number of piperidine rings is 1. The predicted molar refractivity (Wildman–Crippen MR) is 104 cm³/mol. The van der Waals surface area contributed by atoms with Gasteiger partial charge in [0.2, 0.25) is 11.8 Å². The van der Waals surface area contributed by atoms with Crippen LogP contribution >= 0.6 is 0 Å². The SMILES string of the molecule is CC(C)(C)CC(=O)N1CCCC1C(=O)N1CCC([C@@H]2OCCC2C(=O)O)CC1. The van der Waals surface area contributed by atoms with Crippen molar-refractivity contribution in [1.82, 2.24) is 9.80 Å². The number of nitrogens with zero attached hydrogens (tertiary/aromatic N) is 2. The fourth-order valence-electron chi connectivity index (χ4n) is 4.88. The van der Waals surface area contributed by atoms with E-state index in [2.05, 4.69) is 0 Å². The van der Waals surface area contributed by atoms with Crippen LogP contribution in [0.3, 0.4) is 0 Å². The molecule has 7 heteroatoms. The third-order valence-corrected chi connectivity index (χ3v) is 6.31. The molecule has 3 atom stereocenters. The van der Waals surface area contributed by atoms with Crippen LogP contribution in [0.15, 0.2) is 0 Å². The first-order valence-electron chi connectivity index (χ1n) is 10.6. The highest BCUT2D eigenvalue weighted by atomic mass is 16.5. The van der Waals surface area contributed by atoms with Crippen molar-refractivity contribution in [1.29, 1.82) is 0 Å². The van der Waals surface area contributed by atoms with E-state index in [0.29, 0.717) is 39.1 Å². The van der Waals surface area contributed by atoms with Crippen molar-refractivity contribution in [2.45, 2.75) is 71.4 Å². The third kappa shape index (κ3) is 4.67. The van der Waals surface area contributed by atoms with Gasteiger partial charge in [0, 0.05) is 32.7 Å². The van der Waals surface area contributed by atoms with Gasteiger partial charge in [-0.05, 0) is 43.4 Å². The van der Waals surface area contributed by atoms with Crippen molar-refractivity contribution in [3.8, 4) is 0 Å². The molecular weight excluding hydrogens is 360 g/mol. The summed E-state index contributed by atoms with van der Waals surface area (Å²) in [5.74, 6) is -0.885. The quantitative estimate of drug-likeness (QED) is 0.789. The summed E-state index contributed by atoms with van der Waals surface area (Å²) in [6.07, 6.45) is 3.94. The van der Waals surface area contributed by atoms with Crippen LogP contribution in [0, 0.1) is 17.3 Å². The van der Waals surface area contributed by atoms with E-state index in [0.717, 1.165) is 25.7 Å². The molecule has 0 radical (unpaired) electrons. The minimum absolute atomic E-state index is 0.0559. The van der Waals surface area contributed by atoms with Gasteiger partial charge in [-0.3, -0.25) is 14.4 Å². The summed E-state index contributed by atoms with van der Waals surface area (Å²) in [6.45, 7) is 8.53. The number of ether oxygens (including phenoxy) is 1. The predicted octanol–water partition coefficient (Wildman–Crippen LogP) is 2.14. The maximum atomic E-state index is 13.1. The van der Waals surface area contributed by atoms with Gasteiger partial charge in [-0.25, -0.2) is 0 Å². The number of amides is 2. The van der Waals surface area contributed by atoms with E-state index >= 15 is 0 Å². The summed E-state index contributed by atoms with van der Waals surface area (Å²) >= 11 is 0. The molecule has 158 valence electrons. The van der Waals surface area contributed by atoms with E-state index in [4.69, 9.17) is 4.74 Å². The fraction of sp³-hybridized carbons (Fsp3) is 0.857. The van der Waals surface area contributed by atoms with E-state index < -0.39 is 11.9 Å². The Kier molecular flexibility index (Phi) is 6.32. The van der Waals surface area contributed by atoms with Crippen LogP contribution in [0.4, 0.5) is 0 Å². The molecule has 3 saturated heterocycles. The Morgan fingerprint density at radius 3 is 2.32 bits per heavy atom. The second-order valence-electron chi connectivity index (χ2n) is 9.71. The largest absolute Gasteiger partial charge is 0.481 e. The molecule has 3 aliphatic heterocycles. The Morgan fingerprint density at radius 2 is 1.71 bits per heavy atom. The van der Waals surface area contributed by atoms with Gasteiger partial charge in [0.25, 0.3) is 0 Å². The average Bonchev–Trinajstić information content (AvgIpc) is 3.29. The van der Waals surface area contributed by atoms with Crippen LogP contribution in [0.1, 0.15) is 59.3 Å². The molecule has 0 aromatic rings. The zero-order valence-corrected chi connectivity index (χ0v) is 17.4. The summed E-state index contributed by atoms with van der Waals surface area (Å²) in [7, 11) is 0. The molecular formula is C21H34N2O5. The number of hydrogen-bond acceptors (Lipinski definition) is 4. The van der Waals surface area contributed by atoms with E-state index in [1.165, 1.54) is 0 Å². The highest BCUT2D eigenvalue weighted by Crippen LogP contribution is 2.34. The van der Waals surface area contributed by atoms with Gasteiger partial charge in [0.1, 0.15) is 6.04 Å². The first kappa shape index (κ1) is 21.1. The summed E-state index contributed by atoms with van der Waals surface area (Å²) < 4.78 is 5.72. The van der Waals surface area contributed by atoms with Gasteiger partial charge in [0.15, 0.2) is 0 Å². The zero-order valence-electron chi connectivity index (χ0n) is 17.4. The van der Waals surface area contributed by atoms with Crippen LogP contribution in [-0.4, -0.2) is 71.1 Å². The number of hydrogen-bond donors (Lipinski definition) is 1.